The van der Waals surface area contributed by atoms with Gasteiger partial charge in [0.15, 0.2) is 0 Å². The highest BCUT2D eigenvalue weighted by atomic mass is 79.9. The summed E-state index contributed by atoms with van der Waals surface area (Å²) in [6.45, 7) is 2.97. The van der Waals surface area contributed by atoms with Crippen LogP contribution in [-0.4, -0.2) is 6.61 Å². The van der Waals surface area contributed by atoms with Gasteiger partial charge in [-0.15, -0.1) is 0 Å². The molecule has 1 aromatic rings. The van der Waals surface area contributed by atoms with E-state index < -0.39 is 0 Å². The topological polar surface area (TPSA) is 9.23 Å². The second-order valence-corrected chi connectivity index (χ2v) is 7.39. The fourth-order valence-electron chi connectivity index (χ4n) is 3.28. The van der Waals surface area contributed by atoms with Gasteiger partial charge >= 0.3 is 0 Å². The van der Waals surface area contributed by atoms with Crippen LogP contribution in [0.3, 0.4) is 0 Å². The molecule has 0 amide bonds. The minimum atomic E-state index is 0.679. The van der Waals surface area contributed by atoms with Crippen molar-refractivity contribution in [3.63, 3.8) is 0 Å². The lowest BCUT2D eigenvalue weighted by Gasteiger charge is -2.26. The van der Waals surface area contributed by atoms with Crippen LogP contribution in [0.2, 0.25) is 0 Å². The molecular weight excluding hydrogens is 336 g/mol. The number of rotatable bonds is 8. The van der Waals surface area contributed by atoms with Crippen molar-refractivity contribution in [1.29, 1.82) is 0 Å². The lowest BCUT2D eigenvalue weighted by Crippen LogP contribution is -2.13. The first kappa shape index (κ1) is 17.6. The molecule has 1 aliphatic carbocycles. The molecular formula is C20H29BrO. The summed E-state index contributed by atoms with van der Waals surface area (Å²) in [5.74, 6) is 2.71. The van der Waals surface area contributed by atoms with Crippen LogP contribution in [0.4, 0.5) is 0 Å². The fraction of sp³-hybridized carbons (Fsp3) is 0.600. The Bertz CT molecular complexity index is 430. The highest BCUT2D eigenvalue weighted by molar-refractivity contribution is 9.10. The molecule has 1 fully saturated rings. The van der Waals surface area contributed by atoms with E-state index in [1.807, 2.05) is 24.3 Å². The van der Waals surface area contributed by atoms with Crippen molar-refractivity contribution in [2.24, 2.45) is 11.8 Å². The van der Waals surface area contributed by atoms with Gasteiger partial charge in [0.05, 0.1) is 0 Å². The summed E-state index contributed by atoms with van der Waals surface area (Å²) in [5, 5.41) is 0. The largest absolute Gasteiger partial charge is 0.490 e. The van der Waals surface area contributed by atoms with E-state index in [-0.39, 0.29) is 0 Å². The maximum absolute atomic E-state index is 5.73. The van der Waals surface area contributed by atoms with Crippen LogP contribution in [0.25, 0.3) is 0 Å². The van der Waals surface area contributed by atoms with E-state index in [1.54, 1.807) is 0 Å². The predicted octanol–water partition coefficient (Wildman–Crippen LogP) is 6.77. The van der Waals surface area contributed by atoms with Gasteiger partial charge in [0.2, 0.25) is 0 Å². The van der Waals surface area contributed by atoms with E-state index in [4.69, 9.17) is 4.74 Å². The predicted molar refractivity (Wildman–Crippen MR) is 98.4 cm³/mol. The van der Waals surface area contributed by atoms with Crippen LogP contribution >= 0.6 is 15.9 Å². The Hall–Kier alpha value is -0.760. The number of allylic oxidation sites excluding steroid dienone is 1. The molecule has 0 atom stereocenters. The monoisotopic (exact) mass is 364 g/mol. The van der Waals surface area contributed by atoms with Gasteiger partial charge in [-0.2, -0.15) is 0 Å². The third kappa shape index (κ3) is 6.56. The molecule has 1 saturated carbocycles. The van der Waals surface area contributed by atoms with Crippen molar-refractivity contribution in [1.82, 2.24) is 0 Å². The van der Waals surface area contributed by atoms with Crippen LogP contribution in [0.15, 0.2) is 40.9 Å². The maximum Gasteiger partial charge on any atom is 0.119 e. The first-order valence-electron chi connectivity index (χ1n) is 8.83. The van der Waals surface area contributed by atoms with Gasteiger partial charge in [0, 0.05) is 4.47 Å². The summed E-state index contributed by atoms with van der Waals surface area (Å²) in [7, 11) is 0. The number of hydrogen-bond donors (Lipinski definition) is 0. The van der Waals surface area contributed by atoms with Gasteiger partial charge in [-0.05, 0) is 61.8 Å². The molecule has 0 saturated heterocycles. The molecule has 0 N–H and O–H groups in total. The van der Waals surface area contributed by atoms with Crippen molar-refractivity contribution in [3.05, 3.63) is 40.9 Å². The number of unbranched alkanes of at least 4 members (excludes halogenated alkanes) is 2. The highest BCUT2D eigenvalue weighted by Crippen LogP contribution is 2.32. The van der Waals surface area contributed by atoms with Gasteiger partial charge in [-0.3, -0.25) is 0 Å². The lowest BCUT2D eigenvalue weighted by atomic mass is 9.79. The molecule has 0 heterocycles. The quantitative estimate of drug-likeness (QED) is 0.365. The minimum Gasteiger partial charge on any atom is -0.490 e. The molecule has 0 unspecified atom stereocenters. The number of halogens is 1. The lowest BCUT2D eigenvalue weighted by molar-refractivity contribution is 0.288. The molecule has 2 rings (SSSR count). The Morgan fingerprint density at radius 3 is 2.50 bits per heavy atom. The molecule has 0 radical (unpaired) electrons. The SMILES string of the molecule is CCCCCC1CCC(/C=C/COc2ccc(Br)cc2)CC1. The van der Waals surface area contributed by atoms with Crippen LogP contribution in [-0.2, 0) is 0 Å². The normalized spacial score (nSPS) is 22.1. The van der Waals surface area contributed by atoms with E-state index >= 15 is 0 Å². The third-order valence-electron chi connectivity index (χ3n) is 4.68. The second kappa shape index (κ2) is 10.1. The standard InChI is InChI=1S/C20H29BrO/c1-2-3-4-6-17-8-10-18(11-9-17)7-5-16-22-20-14-12-19(21)13-15-20/h5,7,12-15,17-18H,2-4,6,8-11,16H2,1H3/b7-5+. The third-order valence-corrected chi connectivity index (χ3v) is 5.20. The first-order valence-corrected chi connectivity index (χ1v) is 9.62. The van der Waals surface area contributed by atoms with Crippen LogP contribution < -0.4 is 4.74 Å². The summed E-state index contributed by atoms with van der Waals surface area (Å²) < 4.78 is 6.82. The van der Waals surface area contributed by atoms with Crippen molar-refractivity contribution < 1.29 is 4.74 Å². The van der Waals surface area contributed by atoms with Crippen molar-refractivity contribution >= 4 is 15.9 Å². The molecule has 122 valence electrons. The summed E-state index contributed by atoms with van der Waals surface area (Å²) in [5.41, 5.74) is 0. The molecule has 1 aromatic carbocycles. The molecule has 0 aliphatic heterocycles. The van der Waals surface area contributed by atoms with Crippen LogP contribution in [0.5, 0.6) is 5.75 Å². The molecule has 0 bridgehead atoms. The average Bonchev–Trinajstić information content (AvgIpc) is 2.55. The van der Waals surface area contributed by atoms with Crippen molar-refractivity contribution in [2.45, 2.75) is 58.3 Å². The van der Waals surface area contributed by atoms with E-state index in [0.717, 1.165) is 22.1 Å². The zero-order chi connectivity index (χ0) is 15.6. The Balaban J connectivity index is 1.60. The van der Waals surface area contributed by atoms with Crippen LogP contribution in [0.1, 0.15) is 58.3 Å². The molecule has 0 spiro atoms. The maximum atomic E-state index is 5.73. The van der Waals surface area contributed by atoms with Gasteiger partial charge < -0.3 is 4.74 Å². The smallest absolute Gasteiger partial charge is 0.119 e. The van der Waals surface area contributed by atoms with Crippen molar-refractivity contribution in [2.75, 3.05) is 6.61 Å². The Morgan fingerprint density at radius 2 is 1.82 bits per heavy atom. The van der Waals surface area contributed by atoms with E-state index in [9.17, 15) is 0 Å². The molecule has 1 nitrogen and oxygen atoms in total. The Morgan fingerprint density at radius 1 is 1.09 bits per heavy atom. The summed E-state index contributed by atoms with van der Waals surface area (Å²) >= 11 is 3.43. The van der Waals surface area contributed by atoms with E-state index in [1.165, 1.54) is 51.4 Å². The van der Waals surface area contributed by atoms with E-state index in [0.29, 0.717) is 6.61 Å². The molecule has 0 aromatic heterocycles. The Labute approximate surface area is 144 Å². The summed E-state index contributed by atoms with van der Waals surface area (Å²) in [6, 6.07) is 8.02. The fourth-order valence-corrected chi connectivity index (χ4v) is 3.54. The zero-order valence-electron chi connectivity index (χ0n) is 13.8. The van der Waals surface area contributed by atoms with Gasteiger partial charge in [0.25, 0.3) is 0 Å². The highest BCUT2D eigenvalue weighted by Gasteiger charge is 2.18. The molecule has 22 heavy (non-hydrogen) atoms. The zero-order valence-corrected chi connectivity index (χ0v) is 15.4. The van der Waals surface area contributed by atoms with Crippen LogP contribution in [0, 0.1) is 11.8 Å². The van der Waals surface area contributed by atoms with Gasteiger partial charge in [0.1, 0.15) is 12.4 Å². The van der Waals surface area contributed by atoms with Crippen molar-refractivity contribution in [3.8, 4) is 5.75 Å². The average molecular weight is 365 g/mol. The summed E-state index contributed by atoms with van der Waals surface area (Å²) in [6.07, 6.45) is 15.8. The van der Waals surface area contributed by atoms with E-state index in [2.05, 4.69) is 35.0 Å². The molecule has 2 heteroatoms. The van der Waals surface area contributed by atoms with Gasteiger partial charge in [-0.25, -0.2) is 0 Å². The molecule has 1 aliphatic rings. The Kier molecular flexibility index (Phi) is 8.07. The number of hydrogen-bond acceptors (Lipinski definition) is 1. The number of benzene rings is 1. The number of ether oxygens (including phenoxy) is 1. The second-order valence-electron chi connectivity index (χ2n) is 6.47. The summed E-state index contributed by atoms with van der Waals surface area (Å²) in [4.78, 5) is 0. The minimum absolute atomic E-state index is 0.679. The van der Waals surface area contributed by atoms with Gasteiger partial charge in [-0.1, -0.05) is 60.7 Å². The first-order chi connectivity index (χ1) is 10.8.